The molecule has 0 aromatic heterocycles. The molecule has 0 aromatic rings. The molecule has 14 heteroatoms. The molecule has 0 aliphatic heterocycles. The fraction of sp³-hybridized carbons (Fsp3) is 0. The third-order valence-corrected chi connectivity index (χ3v) is 0. The summed E-state index contributed by atoms with van der Waals surface area (Å²) < 4.78 is 0. The van der Waals surface area contributed by atoms with E-state index in [0.29, 0.717) is 0 Å². The zero-order chi connectivity index (χ0) is 14.0. The van der Waals surface area contributed by atoms with Crippen LogP contribution >= 0.6 is 0 Å². The van der Waals surface area contributed by atoms with Gasteiger partial charge in [0.15, 0.2) is 0 Å². The van der Waals surface area contributed by atoms with Gasteiger partial charge in [0.25, 0.3) is 0 Å². The minimum atomic E-state index is 1.25. The first kappa shape index (κ1) is 53.2. The van der Waals surface area contributed by atoms with Crippen LogP contribution in [0.4, 0.5) is 0 Å². The minimum absolute atomic E-state index is 1.25. The average molecular weight is 547 g/mol. The van der Waals surface area contributed by atoms with Gasteiger partial charge in [-0.1, -0.05) is 0 Å². The predicted molar refractivity (Wildman–Crippen MR) is 80.6 cm³/mol. The van der Waals surface area contributed by atoms with E-state index in [-0.39, 0.29) is 0 Å². The molecule has 14 valence electrons. The van der Waals surface area contributed by atoms with Gasteiger partial charge in [0.05, 0.1) is 0 Å². The molecule has 0 atom stereocenters. The summed E-state index contributed by atoms with van der Waals surface area (Å²) in [6.07, 6.45) is 0. The van der Waals surface area contributed by atoms with E-state index in [1.165, 1.54) is 442 Å². The number of hydrogen-bond donors (Lipinski definition) is 0. The van der Waals surface area contributed by atoms with Gasteiger partial charge in [0.1, 0.15) is 0 Å². The third-order valence-electron chi connectivity index (χ3n) is 0. The molecule has 0 heterocycles. The van der Waals surface area contributed by atoms with Crippen LogP contribution in [0.15, 0.2) is 0 Å². The van der Waals surface area contributed by atoms with Crippen molar-refractivity contribution >= 4 is 442 Å². The number of hydrogen-bond acceptors (Lipinski definition) is 0. The second-order valence-electron chi connectivity index (χ2n) is 0. The molecule has 0 radical (unpaired) electrons. The Balaban J connectivity index is -0.00000000817. The van der Waals surface area contributed by atoms with Gasteiger partial charge in [0.2, 0.25) is 0 Å². The van der Waals surface area contributed by atoms with Crippen molar-refractivity contribution in [3.05, 3.63) is 0 Å². The van der Waals surface area contributed by atoms with E-state index in [0.717, 1.165) is 0 Å². The van der Waals surface area contributed by atoms with E-state index in [1.54, 1.807) is 0 Å². The Morgan fingerprint density at radius 2 is 0.143 bits per heavy atom. The quantitative estimate of drug-likeness (QED) is 0.266. The van der Waals surface area contributed by atoms with Gasteiger partial charge >= 0.3 is 442 Å². The van der Waals surface area contributed by atoms with Crippen molar-refractivity contribution in [1.29, 1.82) is 0 Å². The van der Waals surface area contributed by atoms with Crippen LogP contribution in [-0.4, -0.2) is 442 Å². The molecule has 0 unspecified atom stereocenters. The Morgan fingerprint density at radius 3 is 0.143 bits per heavy atom. The zero-order valence-corrected chi connectivity index (χ0v) is 57.7. The van der Waals surface area contributed by atoms with Crippen molar-refractivity contribution in [2.75, 3.05) is 0 Å². The van der Waals surface area contributed by atoms with Crippen LogP contribution in [0.25, 0.3) is 0 Å². The standard InChI is InChI=1S/14K. The van der Waals surface area contributed by atoms with Crippen LogP contribution < -0.4 is 0 Å². The summed E-state index contributed by atoms with van der Waals surface area (Å²) in [7, 11) is 0. The summed E-state index contributed by atoms with van der Waals surface area (Å²) in [5, 5.41) is 0. The fourth-order valence-corrected chi connectivity index (χ4v) is 0. The molecule has 0 amide bonds. The van der Waals surface area contributed by atoms with Crippen LogP contribution in [-0.2, 0) is 0 Å². The first-order valence-corrected chi connectivity index (χ1v) is 119. The van der Waals surface area contributed by atoms with Gasteiger partial charge in [-0.2, -0.15) is 0 Å². The predicted octanol–water partition coefficient (Wildman–Crippen LogP) is -5.33. The molecule has 0 aromatic carbocycles. The molecule has 0 nitrogen and oxygen atoms in total. The summed E-state index contributed by atoms with van der Waals surface area (Å²) >= 11 is 17.5. The van der Waals surface area contributed by atoms with Gasteiger partial charge in [-0.25, -0.2) is 0 Å². The molecule has 0 saturated heterocycles. The van der Waals surface area contributed by atoms with Crippen molar-refractivity contribution < 1.29 is 0 Å². The maximum atomic E-state index is 1.25. The van der Waals surface area contributed by atoms with Gasteiger partial charge in [-0.05, 0) is 0 Å². The third kappa shape index (κ3) is 76.5. The van der Waals surface area contributed by atoms with E-state index in [2.05, 4.69) is 0 Å². The molecule has 0 bridgehead atoms. The molecular formula is K14. The fourth-order valence-electron chi connectivity index (χ4n) is 0. The van der Waals surface area contributed by atoms with Gasteiger partial charge in [-0.3, -0.25) is 0 Å². The first-order valence-electron chi connectivity index (χ1n) is 7.00. The second kappa shape index (κ2) is 83.4. The van der Waals surface area contributed by atoms with Crippen LogP contribution in [0.3, 0.4) is 0 Å². The molecule has 0 saturated carbocycles. The molecule has 0 spiro atoms. The van der Waals surface area contributed by atoms with Crippen LogP contribution in [0.1, 0.15) is 0 Å². The van der Waals surface area contributed by atoms with Crippen molar-refractivity contribution in [3.63, 3.8) is 0 Å². The summed E-state index contributed by atoms with van der Waals surface area (Å²) in [4.78, 5) is 0. The molecule has 0 aliphatic carbocycles. The molecular weight excluding hydrogens is 547 g/mol. The first-order chi connectivity index (χ1) is 7.00. The van der Waals surface area contributed by atoms with Crippen molar-refractivity contribution in [3.8, 4) is 0 Å². The molecule has 0 rings (SSSR count). The summed E-state index contributed by atoms with van der Waals surface area (Å²) in [6, 6.07) is 0. The average Bonchev–Trinajstić information content (AvgIpc) is 2.45. The Bertz CT molecular complexity index is 0. The monoisotopic (exact) mass is 545 g/mol. The normalized spacial score (nSPS) is 4.00. The van der Waals surface area contributed by atoms with E-state index >= 15 is 0 Å². The van der Waals surface area contributed by atoms with Crippen LogP contribution in [0.5, 0.6) is 0 Å². The Kier molecular flexibility index (Phi) is 317. The summed E-state index contributed by atoms with van der Waals surface area (Å²) in [5.74, 6) is 0. The SMILES string of the molecule is [K][K].[K][K].[K][K].[K][K].[K][K].[K][K].[K][K]. The van der Waals surface area contributed by atoms with Gasteiger partial charge < -0.3 is 0 Å². The topological polar surface area (TPSA) is 0 Å². The zero-order valence-electron chi connectivity index (χ0n) is 14.0. The maximum absolute atomic E-state index is 1.25. The van der Waals surface area contributed by atoms with Crippen molar-refractivity contribution in [2.24, 2.45) is 0 Å². The summed E-state index contributed by atoms with van der Waals surface area (Å²) in [6.45, 7) is 0. The van der Waals surface area contributed by atoms with Gasteiger partial charge in [-0.15, -0.1) is 0 Å². The van der Waals surface area contributed by atoms with Crippen LogP contribution in [0, 0.1) is 0 Å². The number of rotatable bonds is 0. The molecule has 0 N–H and O–H groups in total. The molecule has 14 heavy (non-hydrogen) atoms. The van der Waals surface area contributed by atoms with E-state index in [4.69, 9.17) is 0 Å². The Labute approximate surface area is 409 Å². The van der Waals surface area contributed by atoms with E-state index < -0.39 is 0 Å². The molecule has 0 aliphatic rings. The van der Waals surface area contributed by atoms with Crippen molar-refractivity contribution in [1.82, 2.24) is 0 Å². The van der Waals surface area contributed by atoms with Crippen LogP contribution in [0.2, 0.25) is 0 Å². The van der Waals surface area contributed by atoms with Gasteiger partial charge in [0, 0.05) is 0 Å². The Morgan fingerprint density at radius 1 is 0.143 bits per heavy atom. The van der Waals surface area contributed by atoms with E-state index in [1.807, 2.05) is 0 Å². The van der Waals surface area contributed by atoms with Crippen molar-refractivity contribution in [2.45, 2.75) is 0 Å². The van der Waals surface area contributed by atoms with E-state index in [9.17, 15) is 0 Å². The summed E-state index contributed by atoms with van der Waals surface area (Å²) in [5.41, 5.74) is 0. The second-order valence-corrected chi connectivity index (χ2v) is 0. The Hall–Kier alpha value is 22.9. The molecule has 0 fully saturated rings.